The van der Waals surface area contributed by atoms with Gasteiger partial charge in [-0.25, -0.2) is 4.83 Å². The number of nitrogens with zero attached hydrogens (tertiary/aromatic N) is 1. The van der Waals surface area contributed by atoms with E-state index in [-0.39, 0.29) is 4.90 Å². The normalized spacial score (nSPS) is 15.8. The van der Waals surface area contributed by atoms with Gasteiger partial charge in [-0.2, -0.15) is 13.5 Å². The van der Waals surface area contributed by atoms with Gasteiger partial charge in [-0.15, -0.1) is 0 Å². The summed E-state index contributed by atoms with van der Waals surface area (Å²) in [6, 6.07) is 6.58. The average Bonchev–Trinajstić information content (AvgIpc) is 2.39. The molecule has 3 N–H and O–H groups in total. The summed E-state index contributed by atoms with van der Waals surface area (Å²) in [6.45, 7) is 1.90. The molecule has 1 aromatic carbocycles. The number of rotatable bonds is 4. The highest BCUT2D eigenvalue weighted by Crippen LogP contribution is 2.12. The van der Waals surface area contributed by atoms with E-state index in [0.29, 0.717) is 0 Å². The van der Waals surface area contributed by atoms with Crippen molar-refractivity contribution in [3.8, 4) is 0 Å². The largest absolute Gasteiger partial charge is 0.402 e. The Balaban J connectivity index is 2.06. The first-order valence-electron chi connectivity index (χ1n) is 6.25. The lowest BCUT2D eigenvalue weighted by Gasteiger charge is -2.07. The van der Waals surface area contributed by atoms with E-state index in [1.165, 1.54) is 6.21 Å². The molecule has 0 aromatic heterocycles. The number of nitrogens with two attached hydrogens (primary N) is 1. The second-order valence-corrected chi connectivity index (χ2v) is 6.29. The van der Waals surface area contributed by atoms with E-state index >= 15 is 0 Å². The lowest BCUT2D eigenvalue weighted by Crippen LogP contribution is -2.18. The molecule has 5 nitrogen and oxygen atoms in total. The van der Waals surface area contributed by atoms with Crippen LogP contribution in [0, 0.1) is 6.92 Å². The second-order valence-electron chi connectivity index (χ2n) is 4.63. The van der Waals surface area contributed by atoms with Crippen LogP contribution in [0.15, 0.2) is 57.7 Å². The highest BCUT2D eigenvalue weighted by molar-refractivity contribution is 7.89. The van der Waals surface area contributed by atoms with Crippen molar-refractivity contribution in [1.82, 2.24) is 4.83 Å². The van der Waals surface area contributed by atoms with Gasteiger partial charge in [-0.05, 0) is 43.5 Å². The van der Waals surface area contributed by atoms with Gasteiger partial charge in [-0.1, -0.05) is 23.8 Å². The van der Waals surface area contributed by atoms with E-state index in [1.54, 1.807) is 30.3 Å². The van der Waals surface area contributed by atoms with Crippen molar-refractivity contribution in [2.24, 2.45) is 10.8 Å². The van der Waals surface area contributed by atoms with Crippen LogP contribution < -0.4 is 10.6 Å². The molecule has 0 amide bonds. The first kappa shape index (κ1) is 14.3. The first-order valence-corrected chi connectivity index (χ1v) is 7.73. The fraction of sp³-hybridized carbons (Fsp3) is 0.214. The molecule has 0 unspecified atom stereocenters. The minimum absolute atomic E-state index is 0.188. The molecular formula is C14H17N3O2S. The Morgan fingerprint density at radius 3 is 2.65 bits per heavy atom. The standard InChI is InChI=1S/C14H17N3O2S/c1-11-5-7-14(8-6-11)20(18,19)17-16-10-12-3-2-4-13(15)9-12/h3,5-10,17H,2,4,15H2,1H3/b16-10+. The molecule has 2 rings (SSSR count). The fourth-order valence-corrected chi connectivity index (χ4v) is 2.57. The minimum Gasteiger partial charge on any atom is -0.402 e. The summed E-state index contributed by atoms with van der Waals surface area (Å²) in [5.74, 6) is 0. The lowest BCUT2D eigenvalue weighted by atomic mass is 10.1. The zero-order valence-corrected chi connectivity index (χ0v) is 12.0. The number of benzene rings is 1. The molecule has 0 saturated carbocycles. The number of hydrogen-bond acceptors (Lipinski definition) is 4. The van der Waals surface area contributed by atoms with Crippen molar-refractivity contribution in [2.75, 3.05) is 0 Å². The van der Waals surface area contributed by atoms with Crippen LogP contribution in [0.3, 0.4) is 0 Å². The van der Waals surface area contributed by atoms with Gasteiger partial charge >= 0.3 is 0 Å². The monoisotopic (exact) mass is 291 g/mol. The van der Waals surface area contributed by atoms with Gasteiger partial charge in [-0.3, -0.25) is 0 Å². The van der Waals surface area contributed by atoms with Gasteiger partial charge in [0.25, 0.3) is 10.0 Å². The molecular weight excluding hydrogens is 274 g/mol. The zero-order valence-electron chi connectivity index (χ0n) is 11.2. The summed E-state index contributed by atoms with van der Waals surface area (Å²) in [5.41, 5.74) is 8.29. The van der Waals surface area contributed by atoms with Gasteiger partial charge in [0.05, 0.1) is 11.1 Å². The number of allylic oxidation sites excluding steroid dienone is 4. The van der Waals surface area contributed by atoms with Crippen LogP contribution in [0.1, 0.15) is 18.4 Å². The SMILES string of the molecule is Cc1ccc(S(=O)(=O)N/N=C/C2=CCCC(N)=C2)cc1. The fourth-order valence-electron chi connectivity index (χ4n) is 1.78. The smallest absolute Gasteiger partial charge is 0.276 e. The molecule has 0 atom stereocenters. The Labute approximate surface area is 118 Å². The van der Waals surface area contributed by atoms with Crippen molar-refractivity contribution in [2.45, 2.75) is 24.7 Å². The zero-order chi connectivity index (χ0) is 14.6. The Kier molecular flexibility index (Phi) is 4.24. The Morgan fingerprint density at radius 2 is 2.00 bits per heavy atom. The molecule has 1 aromatic rings. The van der Waals surface area contributed by atoms with Crippen molar-refractivity contribution < 1.29 is 8.42 Å². The summed E-state index contributed by atoms with van der Waals surface area (Å²) in [7, 11) is -3.62. The predicted octanol–water partition coefficient (Wildman–Crippen LogP) is 1.82. The number of aryl methyl sites for hydroxylation is 1. The van der Waals surface area contributed by atoms with Crippen LogP contribution in [0.2, 0.25) is 0 Å². The summed E-state index contributed by atoms with van der Waals surface area (Å²) in [6.07, 6.45) is 6.87. The van der Waals surface area contributed by atoms with E-state index in [0.717, 1.165) is 29.7 Å². The van der Waals surface area contributed by atoms with Crippen LogP contribution in [0.25, 0.3) is 0 Å². The Hall–Kier alpha value is -2.08. The van der Waals surface area contributed by atoms with E-state index in [2.05, 4.69) is 9.93 Å². The maximum atomic E-state index is 12.0. The second kappa shape index (κ2) is 5.92. The quantitative estimate of drug-likeness (QED) is 0.655. The lowest BCUT2D eigenvalue weighted by molar-refractivity contribution is 0.584. The molecule has 6 heteroatoms. The molecule has 0 radical (unpaired) electrons. The van der Waals surface area contributed by atoms with Crippen LogP contribution in [0.5, 0.6) is 0 Å². The predicted molar refractivity (Wildman–Crippen MR) is 79.6 cm³/mol. The highest BCUT2D eigenvalue weighted by Gasteiger charge is 2.11. The van der Waals surface area contributed by atoms with Crippen molar-refractivity contribution >= 4 is 16.2 Å². The number of nitrogens with one attached hydrogen (secondary N) is 1. The van der Waals surface area contributed by atoms with Crippen LogP contribution >= 0.6 is 0 Å². The van der Waals surface area contributed by atoms with E-state index in [1.807, 2.05) is 13.0 Å². The molecule has 20 heavy (non-hydrogen) atoms. The summed E-state index contributed by atoms with van der Waals surface area (Å²) < 4.78 is 23.9. The number of sulfonamides is 1. The van der Waals surface area contributed by atoms with Crippen molar-refractivity contribution in [3.05, 3.63) is 53.3 Å². The molecule has 106 valence electrons. The third-order valence-corrected chi connectivity index (χ3v) is 4.12. The maximum absolute atomic E-state index is 12.0. The molecule has 0 spiro atoms. The molecule has 1 aliphatic carbocycles. The van der Waals surface area contributed by atoms with Crippen LogP contribution in [-0.4, -0.2) is 14.6 Å². The van der Waals surface area contributed by atoms with Gasteiger partial charge in [0.15, 0.2) is 0 Å². The van der Waals surface area contributed by atoms with Gasteiger partial charge < -0.3 is 5.73 Å². The molecule has 0 saturated heterocycles. The molecule has 0 bridgehead atoms. The van der Waals surface area contributed by atoms with Crippen molar-refractivity contribution in [1.29, 1.82) is 0 Å². The third-order valence-electron chi connectivity index (χ3n) is 2.88. The van der Waals surface area contributed by atoms with Crippen molar-refractivity contribution in [3.63, 3.8) is 0 Å². The maximum Gasteiger partial charge on any atom is 0.276 e. The van der Waals surface area contributed by atoms with E-state index < -0.39 is 10.0 Å². The summed E-state index contributed by atoms with van der Waals surface area (Å²) in [4.78, 5) is 2.38. The molecule has 0 heterocycles. The highest BCUT2D eigenvalue weighted by atomic mass is 32.2. The Bertz CT molecular complexity index is 671. The molecule has 1 aliphatic rings. The summed E-state index contributed by atoms with van der Waals surface area (Å²) >= 11 is 0. The first-order chi connectivity index (χ1) is 9.47. The van der Waals surface area contributed by atoms with Gasteiger partial charge in [0.1, 0.15) is 0 Å². The van der Waals surface area contributed by atoms with Crippen LogP contribution in [0.4, 0.5) is 0 Å². The van der Waals surface area contributed by atoms with Gasteiger partial charge in [0, 0.05) is 5.70 Å². The Morgan fingerprint density at radius 1 is 1.30 bits per heavy atom. The third kappa shape index (κ3) is 3.71. The number of hydrogen-bond donors (Lipinski definition) is 2. The average molecular weight is 291 g/mol. The van der Waals surface area contributed by atoms with Gasteiger partial charge in [0.2, 0.25) is 0 Å². The topological polar surface area (TPSA) is 84.5 Å². The minimum atomic E-state index is -3.62. The van der Waals surface area contributed by atoms with Crippen LogP contribution in [-0.2, 0) is 10.0 Å². The molecule has 0 aliphatic heterocycles. The molecule has 0 fully saturated rings. The summed E-state index contributed by atoms with van der Waals surface area (Å²) in [5, 5.41) is 3.77. The number of hydrazone groups is 1. The van der Waals surface area contributed by atoms with E-state index in [9.17, 15) is 8.42 Å². The van der Waals surface area contributed by atoms with E-state index in [4.69, 9.17) is 5.73 Å².